The second-order valence-electron chi connectivity index (χ2n) is 4.50. The van der Waals surface area contributed by atoms with Gasteiger partial charge in [0.2, 0.25) is 0 Å². The Kier molecular flexibility index (Phi) is 2.74. The highest BCUT2D eigenvalue weighted by Crippen LogP contribution is 2.29. The van der Waals surface area contributed by atoms with E-state index < -0.39 is 0 Å². The van der Waals surface area contributed by atoms with E-state index >= 15 is 0 Å². The van der Waals surface area contributed by atoms with E-state index in [1.54, 1.807) is 12.5 Å². The van der Waals surface area contributed by atoms with Crippen molar-refractivity contribution in [3.63, 3.8) is 0 Å². The molecule has 0 atom stereocenters. The zero-order valence-corrected chi connectivity index (χ0v) is 9.63. The zero-order chi connectivity index (χ0) is 11.5. The molecule has 3 rings (SSSR count). The summed E-state index contributed by atoms with van der Waals surface area (Å²) in [5.41, 5.74) is 3.29. The van der Waals surface area contributed by atoms with Crippen molar-refractivity contribution in [2.24, 2.45) is 5.92 Å². The lowest BCUT2D eigenvalue weighted by Crippen LogP contribution is -2.02. The standard InChI is InChI=1S/C14H15N3/c1-2-11(1)9-16-13-5-3-12(4-6-13)14-7-8-15-10-17-14/h3-8,10-11,16H,1-2,9H2. The molecule has 0 unspecified atom stereocenters. The van der Waals surface area contributed by atoms with Crippen molar-refractivity contribution in [1.29, 1.82) is 0 Å². The number of rotatable bonds is 4. The second-order valence-corrected chi connectivity index (χ2v) is 4.50. The minimum atomic E-state index is 0.900. The Labute approximate surface area is 101 Å². The molecule has 1 aromatic carbocycles. The summed E-state index contributed by atoms with van der Waals surface area (Å²) in [5.74, 6) is 0.900. The summed E-state index contributed by atoms with van der Waals surface area (Å²) in [6, 6.07) is 10.3. The number of anilines is 1. The molecule has 0 saturated heterocycles. The minimum absolute atomic E-state index is 0.900. The fourth-order valence-corrected chi connectivity index (χ4v) is 1.80. The molecule has 1 N–H and O–H groups in total. The summed E-state index contributed by atoms with van der Waals surface area (Å²) < 4.78 is 0. The van der Waals surface area contributed by atoms with Crippen LogP contribution in [0, 0.1) is 5.92 Å². The topological polar surface area (TPSA) is 37.8 Å². The fourth-order valence-electron chi connectivity index (χ4n) is 1.80. The Hall–Kier alpha value is -1.90. The minimum Gasteiger partial charge on any atom is -0.385 e. The molecule has 1 aliphatic rings. The number of aromatic nitrogens is 2. The number of hydrogen-bond acceptors (Lipinski definition) is 3. The second kappa shape index (κ2) is 4.53. The molecular weight excluding hydrogens is 210 g/mol. The van der Waals surface area contributed by atoms with Crippen LogP contribution in [-0.4, -0.2) is 16.5 Å². The maximum atomic E-state index is 4.23. The van der Waals surface area contributed by atoms with Gasteiger partial charge in [0.25, 0.3) is 0 Å². The van der Waals surface area contributed by atoms with Crippen molar-refractivity contribution < 1.29 is 0 Å². The Morgan fingerprint density at radius 3 is 2.59 bits per heavy atom. The van der Waals surface area contributed by atoms with Gasteiger partial charge in [-0.2, -0.15) is 0 Å². The summed E-state index contributed by atoms with van der Waals surface area (Å²) >= 11 is 0. The quantitative estimate of drug-likeness (QED) is 0.869. The highest BCUT2D eigenvalue weighted by atomic mass is 14.9. The number of nitrogens with zero attached hydrogens (tertiary/aromatic N) is 2. The highest BCUT2D eigenvalue weighted by Gasteiger charge is 2.20. The van der Waals surface area contributed by atoms with Gasteiger partial charge in [-0.15, -0.1) is 0 Å². The van der Waals surface area contributed by atoms with Crippen LogP contribution in [0.3, 0.4) is 0 Å². The van der Waals surface area contributed by atoms with Gasteiger partial charge in [0, 0.05) is 24.0 Å². The van der Waals surface area contributed by atoms with E-state index in [1.165, 1.54) is 18.5 Å². The van der Waals surface area contributed by atoms with Crippen LogP contribution in [0.2, 0.25) is 0 Å². The van der Waals surface area contributed by atoms with Gasteiger partial charge in [-0.1, -0.05) is 12.1 Å². The number of hydrogen-bond donors (Lipinski definition) is 1. The zero-order valence-electron chi connectivity index (χ0n) is 9.63. The van der Waals surface area contributed by atoms with Gasteiger partial charge in [-0.05, 0) is 37.0 Å². The SMILES string of the molecule is c1cc(-c2ccc(NCC3CC3)cc2)ncn1. The van der Waals surface area contributed by atoms with Crippen LogP contribution in [0.25, 0.3) is 11.3 Å². The molecule has 0 radical (unpaired) electrons. The van der Waals surface area contributed by atoms with Crippen LogP contribution in [-0.2, 0) is 0 Å². The number of benzene rings is 1. The van der Waals surface area contributed by atoms with Crippen LogP contribution >= 0.6 is 0 Å². The van der Waals surface area contributed by atoms with Gasteiger partial charge in [-0.25, -0.2) is 9.97 Å². The molecule has 3 nitrogen and oxygen atoms in total. The molecule has 0 bridgehead atoms. The largest absolute Gasteiger partial charge is 0.385 e. The molecule has 3 heteroatoms. The molecule has 1 aliphatic carbocycles. The summed E-state index contributed by atoms with van der Waals surface area (Å²) in [5, 5.41) is 3.45. The number of nitrogens with one attached hydrogen (secondary N) is 1. The van der Waals surface area contributed by atoms with E-state index in [-0.39, 0.29) is 0 Å². The summed E-state index contributed by atoms with van der Waals surface area (Å²) in [6.07, 6.45) is 6.11. The lowest BCUT2D eigenvalue weighted by Gasteiger charge is -2.06. The van der Waals surface area contributed by atoms with Gasteiger partial charge in [0.1, 0.15) is 6.33 Å². The molecule has 1 fully saturated rings. The van der Waals surface area contributed by atoms with Crippen molar-refractivity contribution in [2.45, 2.75) is 12.8 Å². The van der Waals surface area contributed by atoms with Gasteiger partial charge >= 0.3 is 0 Å². The van der Waals surface area contributed by atoms with Crippen molar-refractivity contribution in [1.82, 2.24) is 9.97 Å². The van der Waals surface area contributed by atoms with Gasteiger partial charge in [-0.3, -0.25) is 0 Å². The van der Waals surface area contributed by atoms with E-state index in [0.717, 1.165) is 23.7 Å². The molecular formula is C14H15N3. The monoisotopic (exact) mass is 225 g/mol. The van der Waals surface area contributed by atoms with Crippen molar-refractivity contribution in [2.75, 3.05) is 11.9 Å². The highest BCUT2D eigenvalue weighted by molar-refractivity contribution is 5.62. The van der Waals surface area contributed by atoms with E-state index in [2.05, 4.69) is 39.6 Å². The smallest absolute Gasteiger partial charge is 0.116 e. The fraction of sp³-hybridized carbons (Fsp3) is 0.286. The first kappa shape index (κ1) is 10.3. The van der Waals surface area contributed by atoms with Crippen LogP contribution < -0.4 is 5.32 Å². The molecule has 1 aromatic heterocycles. The molecule has 1 heterocycles. The molecule has 17 heavy (non-hydrogen) atoms. The third kappa shape index (κ3) is 2.61. The van der Waals surface area contributed by atoms with Gasteiger partial charge in [0.15, 0.2) is 0 Å². The lowest BCUT2D eigenvalue weighted by molar-refractivity contribution is 0.889. The first-order chi connectivity index (χ1) is 8.42. The van der Waals surface area contributed by atoms with E-state index in [9.17, 15) is 0 Å². The molecule has 2 aromatic rings. The van der Waals surface area contributed by atoms with Crippen LogP contribution in [0.5, 0.6) is 0 Å². The molecule has 86 valence electrons. The summed E-state index contributed by atoms with van der Waals surface area (Å²) in [7, 11) is 0. The molecule has 0 amide bonds. The summed E-state index contributed by atoms with van der Waals surface area (Å²) in [6.45, 7) is 1.10. The average molecular weight is 225 g/mol. The maximum absolute atomic E-state index is 4.23. The predicted octanol–water partition coefficient (Wildman–Crippen LogP) is 2.97. The first-order valence-corrected chi connectivity index (χ1v) is 6.02. The molecule has 0 aliphatic heterocycles. The Balaban J connectivity index is 1.70. The van der Waals surface area contributed by atoms with E-state index in [1.807, 2.05) is 6.07 Å². The predicted molar refractivity (Wildman–Crippen MR) is 68.7 cm³/mol. The van der Waals surface area contributed by atoms with E-state index in [4.69, 9.17) is 0 Å². The van der Waals surface area contributed by atoms with Crippen molar-refractivity contribution in [3.05, 3.63) is 42.9 Å². The normalized spacial score (nSPS) is 14.6. The third-order valence-electron chi connectivity index (χ3n) is 3.05. The van der Waals surface area contributed by atoms with Gasteiger partial charge < -0.3 is 5.32 Å². The van der Waals surface area contributed by atoms with Crippen LogP contribution in [0.4, 0.5) is 5.69 Å². The molecule has 1 saturated carbocycles. The van der Waals surface area contributed by atoms with E-state index in [0.29, 0.717) is 0 Å². The maximum Gasteiger partial charge on any atom is 0.116 e. The Bertz CT molecular complexity index is 475. The van der Waals surface area contributed by atoms with Crippen molar-refractivity contribution >= 4 is 5.69 Å². The average Bonchev–Trinajstić information content (AvgIpc) is 3.22. The van der Waals surface area contributed by atoms with Crippen LogP contribution in [0.1, 0.15) is 12.8 Å². The molecule has 0 spiro atoms. The third-order valence-corrected chi connectivity index (χ3v) is 3.05. The van der Waals surface area contributed by atoms with Crippen LogP contribution in [0.15, 0.2) is 42.9 Å². The Morgan fingerprint density at radius 1 is 1.12 bits per heavy atom. The van der Waals surface area contributed by atoms with Crippen molar-refractivity contribution in [3.8, 4) is 11.3 Å². The first-order valence-electron chi connectivity index (χ1n) is 6.02. The Morgan fingerprint density at radius 2 is 1.94 bits per heavy atom. The lowest BCUT2D eigenvalue weighted by atomic mass is 10.1. The van der Waals surface area contributed by atoms with Gasteiger partial charge in [0.05, 0.1) is 5.69 Å². The summed E-state index contributed by atoms with van der Waals surface area (Å²) in [4.78, 5) is 8.15.